The molecule has 1 aromatic rings. The quantitative estimate of drug-likeness (QED) is 0.179. The maximum absolute atomic E-state index is 10.9. The topological polar surface area (TPSA) is 92.8 Å². The van der Waals surface area contributed by atoms with Crippen LogP contribution >= 0.6 is 0 Å². The van der Waals surface area contributed by atoms with Crippen LogP contribution in [0.15, 0.2) is 35.9 Å². The molecule has 2 rings (SSSR count). The van der Waals surface area contributed by atoms with Gasteiger partial charge in [-0.15, -0.1) is 10.1 Å². The van der Waals surface area contributed by atoms with Gasteiger partial charge in [-0.2, -0.15) is 0 Å². The van der Waals surface area contributed by atoms with Gasteiger partial charge in [0.2, 0.25) is 0 Å². The third-order valence-electron chi connectivity index (χ3n) is 6.52. The number of hydrogen-bond donors (Lipinski definition) is 2. The molecule has 31 heavy (non-hydrogen) atoms. The first-order chi connectivity index (χ1) is 14.6. The van der Waals surface area contributed by atoms with Crippen LogP contribution in [0.25, 0.3) is 0 Å². The molecule has 0 radical (unpaired) electrons. The van der Waals surface area contributed by atoms with Crippen molar-refractivity contribution in [3.63, 3.8) is 0 Å². The standard InChI is InChI=1S/C25H37NO5/c1-6-7-8-9-12-25(4,5)19-14-22(27)24(23(28)15-19)21-13-18(16-31-26(29)30)10-11-20(21)17(2)3/h13-15,20-21,27-28H,2,6-12,16H2,1,3-5H3/t20-,21+/m1/s1. The zero-order valence-electron chi connectivity index (χ0n) is 19.3. The lowest BCUT2D eigenvalue weighted by Crippen LogP contribution is -2.21. The molecule has 1 aromatic carbocycles. The largest absolute Gasteiger partial charge is 0.507 e. The molecule has 0 saturated heterocycles. The van der Waals surface area contributed by atoms with Gasteiger partial charge in [0.05, 0.1) is 0 Å². The Labute approximate surface area is 185 Å². The highest BCUT2D eigenvalue weighted by molar-refractivity contribution is 5.53. The van der Waals surface area contributed by atoms with Crippen LogP contribution in [0.1, 0.15) is 89.7 Å². The smallest absolute Gasteiger partial charge is 0.294 e. The Morgan fingerprint density at radius 2 is 1.90 bits per heavy atom. The van der Waals surface area contributed by atoms with E-state index in [2.05, 4.69) is 32.2 Å². The highest BCUT2D eigenvalue weighted by atomic mass is 16.9. The Balaban J connectivity index is 2.35. The maximum Gasteiger partial charge on any atom is 0.294 e. The van der Waals surface area contributed by atoms with Crippen LogP contribution in [-0.2, 0) is 10.3 Å². The molecule has 1 aliphatic rings. The number of nitrogens with zero attached hydrogens (tertiary/aromatic N) is 1. The van der Waals surface area contributed by atoms with Crippen molar-refractivity contribution in [2.75, 3.05) is 6.61 Å². The second-order valence-corrected chi connectivity index (χ2v) is 9.46. The van der Waals surface area contributed by atoms with Crippen molar-refractivity contribution in [3.8, 4) is 11.5 Å². The summed E-state index contributed by atoms with van der Waals surface area (Å²) < 4.78 is 0. The normalized spacial score (nSPS) is 19.0. The molecule has 0 heterocycles. The Hall–Kier alpha value is -2.50. The van der Waals surface area contributed by atoms with E-state index < -0.39 is 5.09 Å². The predicted molar refractivity (Wildman–Crippen MR) is 123 cm³/mol. The van der Waals surface area contributed by atoms with Crippen LogP contribution in [0.3, 0.4) is 0 Å². The lowest BCUT2D eigenvalue weighted by Gasteiger charge is -2.33. The number of allylic oxidation sites excluding steroid dienone is 2. The monoisotopic (exact) mass is 431 g/mol. The molecule has 0 amide bonds. The molecule has 172 valence electrons. The summed E-state index contributed by atoms with van der Waals surface area (Å²) in [5.41, 5.74) is 2.94. The van der Waals surface area contributed by atoms with Crippen LogP contribution < -0.4 is 0 Å². The van der Waals surface area contributed by atoms with Crippen molar-refractivity contribution in [3.05, 3.63) is 57.2 Å². The molecule has 0 spiro atoms. The molecule has 2 atom stereocenters. The fourth-order valence-corrected chi connectivity index (χ4v) is 4.56. The minimum absolute atomic E-state index is 0.0315. The molecule has 6 nitrogen and oxygen atoms in total. The van der Waals surface area contributed by atoms with Crippen LogP contribution in [0, 0.1) is 16.0 Å². The van der Waals surface area contributed by atoms with E-state index in [1.807, 2.05) is 13.0 Å². The van der Waals surface area contributed by atoms with Crippen LogP contribution in [0.2, 0.25) is 0 Å². The molecule has 1 aliphatic carbocycles. The number of benzene rings is 1. The van der Waals surface area contributed by atoms with Gasteiger partial charge < -0.3 is 15.1 Å². The first kappa shape index (κ1) is 24.8. The lowest BCUT2D eigenvalue weighted by molar-refractivity contribution is -0.755. The minimum atomic E-state index is -0.799. The van der Waals surface area contributed by atoms with Crippen molar-refractivity contribution in [2.45, 2.75) is 84.0 Å². The Morgan fingerprint density at radius 1 is 1.26 bits per heavy atom. The number of unbranched alkanes of at least 4 members (excludes halogenated alkanes) is 3. The van der Waals surface area contributed by atoms with Crippen LogP contribution in [0.4, 0.5) is 0 Å². The van der Waals surface area contributed by atoms with Gasteiger partial charge in [0, 0.05) is 11.5 Å². The molecular formula is C25H37NO5. The van der Waals surface area contributed by atoms with Gasteiger partial charge in [0.15, 0.2) is 0 Å². The van der Waals surface area contributed by atoms with Crippen molar-refractivity contribution in [1.29, 1.82) is 0 Å². The Kier molecular flexibility index (Phi) is 8.54. The van der Waals surface area contributed by atoms with E-state index in [-0.39, 0.29) is 35.4 Å². The Morgan fingerprint density at radius 3 is 2.45 bits per heavy atom. The van der Waals surface area contributed by atoms with E-state index in [0.717, 1.165) is 36.0 Å². The van der Waals surface area contributed by atoms with Gasteiger partial charge in [-0.3, -0.25) is 0 Å². The van der Waals surface area contributed by atoms with Gasteiger partial charge in [-0.1, -0.05) is 64.7 Å². The predicted octanol–water partition coefficient (Wildman–Crippen LogP) is 6.55. The SMILES string of the molecule is C=C(C)[C@H]1CCC(CO[N+](=O)[O-])=C[C@@H]1c1c(O)cc(C(C)(C)CCCCCC)cc1O. The summed E-state index contributed by atoms with van der Waals surface area (Å²) in [6, 6.07) is 3.53. The molecule has 0 unspecified atom stereocenters. The van der Waals surface area contributed by atoms with Crippen molar-refractivity contribution >= 4 is 0 Å². The van der Waals surface area contributed by atoms with E-state index >= 15 is 0 Å². The van der Waals surface area contributed by atoms with Gasteiger partial charge in [-0.25, -0.2) is 0 Å². The summed E-state index contributed by atoms with van der Waals surface area (Å²) in [4.78, 5) is 15.1. The average Bonchev–Trinajstić information content (AvgIpc) is 2.69. The van der Waals surface area contributed by atoms with Gasteiger partial charge in [-0.05, 0) is 60.8 Å². The molecule has 0 bridgehead atoms. The molecule has 0 saturated carbocycles. The summed E-state index contributed by atoms with van der Waals surface area (Å²) in [6.07, 6.45) is 8.93. The summed E-state index contributed by atoms with van der Waals surface area (Å²) >= 11 is 0. The van der Waals surface area contributed by atoms with Crippen LogP contribution in [0.5, 0.6) is 11.5 Å². The van der Waals surface area contributed by atoms with Gasteiger partial charge >= 0.3 is 0 Å². The third-order valence-corrected chi connectivity index (χ3v) is 6.52. The zero-order chi connectivity index (χ0) is 23.2. The van der Waals surface area contributed by atoms with Gasteiger partial charge in [0.25, 0.3) is 5.09 Å². The fraction of sp³-hybridized carbons (Fsp3) is 0.600. The maximum atomic E-state index is 10.9. The summed E-state index contributed by atoms with van der Waals surface area (Å²) in [6.45, 7) is 12.4. The van der Waals surface area contributed by atoms with E-state index in [1.54, 1.807) is 12.1 Å². The van der Waals surface area contributed by atoms with Crippen LogP contribution in [-0.4, -0.2) is 21.9 Å². The highest BCUT2D eigenvalue weighted by Gasteiger charge is 2.32. The van der Waals surface area contributed by atoms with Crippen molar-refractivity contribution < 1.29 is 20.1 Å². The number of rotatable bonds is 11. The number of aromatic hydroxyl groups is 2. The second-order valence-electron chi connectivity index (χ2n) is 9.46. The lowest BCUT2D eigenvalue weighted by atomic mass is 9.72. The number of phenols is 2. The molecular weight excluding hydrogens is 394 g/mol. The summed E-state index contributed by atoms with van der Waals surface area (Å²) in [7, 11) is 0. The van der Waals surface area contributed by atoms with E-state index in [9.17, 15) is 20.3 Å². The number of phenolic OH excluding ortho intramolecular Hbond substituents is 2. The van der Waals surface area contributed by atoms with Crippen molar-refractivity contribution in [2.24, 2.45) is 5.92 Å². The molecule has 6 heteroatoms. The fourth-order valence-electron chi connectivity index (χ4n) is 4.56. The molecule has 0 aromatic heterocycles. The van der Waals surface area contributed by atoms with E-state index in [0.29, 0.717) is 12.0 Å². The first-order valence-electron chi connectivity index (χ1n) is 11.3. The highest BCUT2D eigenvalue weighted by Crippen LogP contribution is 2.48. The number of hydrogen-bond acceptors (Lipinski definition) is 5. The molecule has 0 fully saturated rings. The third kappa shape index (κ3) is 6.49. The zero-order valence-corrected chi connectivity index (χ0v) is 19.3. The van der Waals surface area contributed by atoms with E-state index in [1.165, 1.54) is 19.3 Å². The second kappa shape index (κ2) is 10.7. The molecule has 0 aliphatic heterocycles. The first-order valence-corrected chi connectivity index (χ1v) is 11.3. The van der Waals surface area contributed by atoms with Crippen molar-refractivity contribution in [1.82, 2.24) is 0 Å². The summed E-state index contributed by atoms with van der Waals surface area (Å²) in [5.74, 6) is -0.163. The minimum Gasteiger partial charge on any atom is -0.507 e. The summed E-state index contributed by atoms with van der Waals surface area (Å²) in [5, 5.41) is 31.7. The average molecular weight is 432 g/mol. The Bertz CT molecular complexity index is 804. The van der Waals surface area contributed by atoms with E-state index in [4.69, 9.17) is 0 Å². The molecule has 2 N–H and O–H groups in total. The van der Waals surface area contributed by atoms with Gasteiger partial charge in [0.1, 0.15) is 18.1 Å².